The molecule has 3 unspecified atom stereocenters. The van der Waals surface area contributed by atoms with Crippen LogP contribution in [0.15, 0.2) is 24.3 Å². The highest BCUT2D eigenvalue weighted by Crippen LogP contribution is 2.32. The molecule has 1 fully saturated rings. The Hall–Kier alpha value is -1.10. The molecule has 2 rings (SSSR count). The third-order valence-corrected chi connectivity index (χ3v) is 4.39. The summed E-state index contributed by atoms with van der Waals surface area (Å²) in [6, 6.07) is 8.33. The Morgan fingerprint density at radius 3 is 2.75 bits per heavy atom. The van der Waals surface area contributed by atoms with Gasteiger partial charge in [-0.1, -0.05) is 25.1 Å². The van der Waals surface area contributed by atoms with Crippen molar-refractivity contribution in [3.05, 3.63) is 29.8 Å². The van der Waals surface area contributed by atoms with Crippen molar-refractivity contribution >= 4 is 0 Å². The van der Waals surface area contributed by atoms with E-state index in [0.717, 1.165) is 25.3 Å². The predicted molar refractivity (Wildman–Crippen MR) is 80.9 cm³/mol. The minimum Gasteiger partial charge on any atom is -0.496 e. The van der Waals surface area contributed by atoms with Crippen molar-refractivity contribution in [2.45, 2.75) is 25.5 Å². The third-order valence-electron chi connectivity index (χ3n) is 4.39. The first-order valence-corrected chi connectivity index (χ1v) is 7.31. The highest BCUT2D eigenvalue weighted by Gasteiger charge is 2.31. The summed E-state index contributed by atoms with van der Waals surface area (Å²) in [5.41, 5.74) is 7.21. The van der Waals surface area contributed by atoms with Crippen LogP contribution >= 0.6 is 0 Å². The van der Waals surface area contributed by atoms with Gasteiger partial charge in [-0.3, -0.25) is 4.90 Å². The van der Waals surface area contributed by atoms with Gasteiger partial charge in [0.1, 0.15) is 5.75 Å². The summed E-state index contributed by atoms with van der Waals surface area (Å²) in [7, 11) is 3.51. The monoisotopic (exact) mass is 278 g/mol. The van der Waals surface area contributed by atoms with E-state index in [2.05, 4.69) is 17.9 Å². The standard InChI is InChI=1S/C16H26N2O2/c1-12-8-9-18(11-16(12)20-3)14(10-17)13-6-4-5-7-15(13)19-2/h4-7,12,14,16H,8-11,17H2,1-3H3. The highest BCUT2D eigenvalue weighted by molar-refractivity contribution is 5.36. The lowest BCUT2D eigenvalue weighted by atomic mass is 9.93. The van der Waals surface area contributed by atoms with Gasteiger partial charge in [-0.2, -0.15) is 0 Å². The number of hydrogen-bond acceptors (Lipinski definition) is 4. The van der Waals surface area contributed by atoms with Crippen LogP contribution in [0.3, 0.4) is 0 Å². The molecule has 1 heterocycles. The SMILES string of the molecule is COc1ccccc1C(CN)N1CCC(C)C(OC)C1. The molecule has 1 aromatic carbocycles. The van der Waals surface area contributed by atoms with Crippen LogP contribution in [0.1, 0.15) is 24.9 Å². The molecular formula is C16H26N2O2. The highest BCUT2D eigenvalue weighted by atomic mass is 16.5. The zero-order valence-corrected chi connectivity index (χ0v) is 12.7. The number of likely N-dealkylation sites (tertiary alicyclic amines) is 1. The van der Waals surface area contributed by atoms with Gasteiger partial charge in [0.2, 0.25) is 0 Å². The molecule has 1 aliphatic heterocycles. The Morgan fingerprint density at radius 2 is 2.10 bits per heavy atom. The lowest BCUT2D eigenvalue weighted by molar-refractivity contribution is -0.0185. The molecule has 4 nitrogen and oxygen atoms in total. The normalized spacial score (nSPS) is 25.4. The first-order valence-electron chi connectivity index (χ1n) is 7.31. The van der Waals surface area contributed by atoms with Crippen molar-refractivity contribution in [1.29, 1.82) is 0 Å². The fourth-order valence-electron chi connectivity index (χ4n) is 3.06. The summed E-state index contributed by atoms with van der Waals surface area (Å²) < 4.78 is 11.1. The molecule has 2 N–H and O–H groups in total. The van der Waals surface area contributed by atoms with Crippen molar-refractivity contribution < 1.29 is 9.47 Å². The predicted octanol–water partition coefficient (Wildman–Crippen LogP) is 2.05. The van der Waals surface area contributed by atoms with Crippen molar-refractivity contribution in [2.75, 3.05) is 33.9 Å². The van der Waals surface area contributed by atoms with Gasteiger partial charge in [-0.25, -0.2) is 0 Å². The second-order valence-corrected chi connectivity index (χ2v) is 5.53. The third kappa shape index (κ3) is 3.14. The number of methoxy groups -OCH3 is 2. The lowest BCUT2D eigenvalue weighted by Gasteiger charge is -2.40. The molecule has 0 saturated carbocycles. The van der Waals surface area contributed by atoms with Crippen LogP contribution in [0.2, 0.25) is 0 Å². The van der Waals surface area contributed by atoms with Gasteiger partial charge in [0.15, 0.2) is 0 Å². The molecule has 3 atom stereocenters. The van der Waals surface area contributed by atoms with Crippen LogP contribution in [0.25, 0.3) is 0 Å². The Labute approximate surface area is 121 Å². The van der Waals surface area contributed by atoms with E-state index in [4.69, 9.17) is 15.2 Å². The number of piperidine rings is 1. The van der Waals surface area contributed by atoms with Gasteiger partial charge in [-0.05, 0) is 24.9 Å². The van der Waals surface area contributed by atoms with Gasteiger partial charge in [0, 0.05) is 25.8 Å². The average Bonchev–Trinajstić information content (AvgIpc) is 2.50. The van der Waals surface area contributed by atoms with E-state index in [1.807, 2.05) is 18.2 Å². The van der Waals surface area contributed by atoms with E-state index in [0.29, 0.717) is 12.5 Å². The van der Waals surface area contributed by atoms with Crippen LogP contribution in [0.5, 0.6) is 5.75 Å². The van der Waals surface area contributed by atoms with Crippen LogP contribution in [-0.2, 0) is 4.74 Å². The van der Waals surface area contributed by atoms with Crippen LogP contribution in [0, 0.1) is 5.92 Å². The van der Waals surface area contributed by atoms with Gasteiger partial charge in [-0.15, -0.1) is 0 Å². The van der Waals surface area contributed by atoms with Gasteiger partial charge in [0.25, 0.3) is 0 Å². The molecule has 1 aliphatic rings. The molecule has 4 heteroatoms. The molecule has 0 spiro atoms. The number of nitrogens with two attached hydrogens (primary N) is 1. The summed E-state index contributed by atoms with van der Waals surface area (Å²) in [4.78, 5) is 2.42. The molecule has 112 valence electrons. The molecule has 1 saturated heterocycles. The average molecular weight is 278 g/mol. The largest absolute Gasteiger partial charge is 0.496 e. The molecule has 0 amide bonds. The second-order valence-electron chi connectivity index (χ2n) is 5.53. The summed E-state index contributed by atoms with van der Waals surface area (Å²) in [5, 5.41) is 0. The fourth-order valence-corrected chi connectivity index (χ4v) is 3.06. The minimum atomic E-state index is 0.191. The van der Waals surface area contributed by atoms with Crippen molar-refractivity contribution in [1.82, 2.24) is 4.90 Å². The van der Waals surface area contributed by atoms with E-state index in [1.54, 1.807) is 14.2 Å². The Morgan fingerprint density at radius 1 is 1.35 bits per heavy atom. The summed E-state index contributed by atoms with van der Waals surface area (Å²) in [5.74, 6) is 1.52. The Bertz CT molecular complexity index is 425. The number of nitrogens with zero attached hydrogens (tertiary/aromatic N) is 1. The molecule has 0 aromatic heterocycles. The maximum Gasteiger partial charge on any atom is 0.123 e. The quantitative estimate of drug-likeness (QED) is 0.895. The van der Waals surface area contributed by atoms with Crippen molar-refractivity contribution in [3.63, 3.8) is 0 Å². The number of rotatable bonds is 5. The molecule has 0 radical (unpaired) electrons. The summed E-state index contributed by atoms with van der Waals surface area (Å²) in [6.45, 7) is 4.83. The Balaban J connectivity index is 2.19. The minimum absolute atomic E-state index is 0.191. The van der Waals surface area contributed by atoms with Gasteiger partial charge < -0.3 is 15.2 Å². The van der Waals surface area contributed by atoms with E-state index in [9.17, 15) is 0 Å². The van der Waals surface area contributed by atoms with Crippen LogP contribution in [0.4, 0.5) is 0 Å². The molecular weight excluding hydrogens is 252 g/mol. The van der Waals surface area contributed by atoms with Crippen LogP contribution in [-0.4, -0.2) is 44.9 Å². The van der Waals surface area contributed by atoms with Gasteiger partial charge in [0.05, 0.1) is 19.3 Å². The smallest absolute Gasteiger partial charge is 0.123 e. The zero-order chi connectivity index (χ0) is 14.5. The van der Waals surface area contributed by atoms with Crippen molar-refractivity contribution in [2.24, 2.45) is 11.7 Å². The van der Waals surface area contributed by atoms with E-state index in [1.165, 1.54) is 5.56 Å². The Kier molecular flexibility index (Phi) is 5.40. The van der Waals surface area contributed by atoms with Crippen LogP contribution < -0.4 is 10.5 Å². The lowest BCUT2D eigenvalue weighted by Crippen LogP contribution is -2.47. The number of para-hydroxylation sites is 1. The first kappa shape index (κ1) is 15.3. The molecule has 20 heavy (non-hydrogen) atoms. The van der Waals surface area contributed by atoms with Crippen molar-refractivity contribution in [3.8, 4) is 5.75 Å². The zero-order valence-electron chi connectivity index (χ0n) is 12.7. The summed E-state index contributed by atoms with van der Waals surface area (Å²) in [6.07, 6.45) is 1.43. The molecule has 0 bridgehead atoms. The van der Waals surface area contributed by atoms with E-state index in [-0.39, 0.29) is 12.1 Å². The number of hydrogen-bond donors (Lipinski definition) is 1. The topological polar surface area (TPSA) is 47.7 Å². The number of benzene rings is 1. The maximum atomic E-state index is 6.04. The van der Waals surface area contributed by atoms with Gasteiger partial charge >= 0.3 is 0 Å². The summed E-state index contributed by atoms with van der Waals surface area (Å²) >= 11 is 0. The second kappa shape index (κ2) is 7.07. The maximum absolute atomic E-state index is 6.04. The first-order chi connectivity index (χ1) is 9.71. The molecule has 1 aromatic rings. The number of ether oxygens (including phenoxy) is 2. The van der Waals surface area contributed by atoms with E-state index >= 15 is 0 Å². The van der Waals surface area contributed by atoms with E-state index < -0.39 is 0 Å². The fraction of sp³-hybridized carbons (Fsp3) is 0.625. The molecule has 0 aliphatic carbocycles.